The molecule has 2 rings (SSSR count). The van der Waals surface area contributed by atoms with E-state index in [4.69, 9.17) is 5.11 Å². The van der Waals surface area contributed by atoms with Crippen LogP contribution < -0.4 is 4.72 Å². The first-order chi connectivity index (χ1) is 10.2. The highest BCUT2D eigenvalue weighted by Gasteiger charge is 2.20. The molecule has 2 aromatic rings. The summed E-state index contributed by atoms with van der Waals surface area (Å²) in [4.78, 5) is 10.7. The summed E-state index contributed by atoms with van der Waals surface area (Å²) < 4.78 is 52.8. The van der Waals surface area contributed by atoms with Crippen molar-refractivity contribution in [2.45, 2.75) is 11.8 Å². The third kappa shape index (κ3) is 3.06. The Bertz CT molecular complexity index is 850. The summed E-state index contributed by atoms with van der Waals surface area (Å²) in [7, 11) is -4.25. The SMILES string of the molecule is Cc1ccc(S(=O)(=O)Nc2cccc(F)c2F)cc1C(=O)O. The van der Waals surface area contributed by atoms with Crippen molar-refractivity contribution in [1.29, 1.82) is 0 Å². The Morgan fingerprint density at radius 2 is 1.86 bits per heavy atom. The molecule has 0 unspecified atom stereocenters. The second-order valence-electron chi connectivity index (χ2n) is 4.49. The number of sulfonamides is 1. The van der Waals surface area contributed by atoms with Crippen LogP contribution in [0, 0.1) is 18.6 Å². The van der Waals surface area contributed by atoms with Crippen LogP contribution in [0.25, 0.3) is 0 Å². The Morgan fingerprint density at radius 1 is 1.18 bits per heavy atom. The number of anilines is 1. The first kappa shape index (κ1) is 15.9. The molecule has 2 aromatic carbocycles. The zero-order valence-corrected chi connectivity index (χ0v) is 12.1. The summed E-state index contributed by atoms with van der Waals surface area (Å²) in [6.07, 6.45) is 0. The highest BCUT2D eigenvalue weighted by Crippen LogP contribution is 2.22. The Morgan fingerprint density at radius 3 is 2.50 bits per heavy atom. The molecule has 116 valence electrons. The molecule has 0 spiro atoms. The number of halogens is 2. The van der Waals surface area contributed by atoms with E-state index in [0.717, 1.165) is 24.3 Å². The van der Waals surface area contributed by atoms with Crippen molar-refractivity contribution >= 4 is 21.7 Å². The molecule has 0 heterocycles. The summed E-state index contributed by atoms with van der Waals surface area (Å²) in [5.74, 6) is -3.82. The van der Waals surface area contributed by atoms with Crippen molar-refractivity contribution in [1.82, 2.24) is 0 Å². The Labute approximate surface area is 125 Å². The third-order valence-corrected chi connectivity index (χ3v) is 4.31. The average Bonchev–Trinajstić information content (AvgIpc) is 2.43. The van der Waals surface area contributed by atoms with Crippen LogP contribution in [0.5, 0.6) is 0 Å². The van der Waals surface area contributed by atoms with Crippen molar-refractivity contribution in [3.05, 3.63) is 59.2 Å². The molecule has 0 amide bonds. The number of carboxylic acids is 1. The van der Waals surface area contributed by atoms with Crippen molar-refractivity contribution in [3.8, 4) is 0 Å². The predicted molar refractivity (Wildman–Crippen MR) is 75.3 cm³/mol. The van der Waals surface area contributed by atoms with Gasteiger partial charge in [0.1, 0.15) is 0 Å². The van der Waals surface area contributed by atoms with Gasteiger partial charge in [0.05, 0.1) is 16.1 Å². The molecule has 8 heteroatoms. The second kappa shape index (κ2) is 5.72. The maximum absolute atomic E-state index is 13.5. The molecule has 0 aliphatic heterocycles. The predicted octanol–water partition coefficient (Wildman–Crippen LogP) is 2.77. The van der Waals surface area contributed by atoms with Gasteiger partial charge in [-0.2, -0.15) is 0 Å². The molecule has 0 atom stereocenters. The summed E-state index contributed by atoms with van der Waals surface area (Å²) in [5.41, 5.74) is -0.372. The monoisotopic (exact) mass is 327 g/mol. The van der Waals surface area contributed by atoms with Gasteiger partial charge >= 0.3 is 5.97 Å². The Hall–Kier alpha value is -2.48. The van der Waals surface area contributed by atoms with Crippen molar-refractivity contribution in [2.24, 2.45) is 0 Å². The van der Waals surface area contributed by atoms with Gasteiger partial charge in [-0.3, -0.25) is 4.72 Å². The van der Waals surface area contributed by atoms with Gasteiger partial charge in [-0.05, 0) is 36.8 Å². The number of hydrogen-bond acceptors (Lipinski definition) is 3. The lowest BCUT2D eigenvalue weighted by Gasteiger charge is -2.10. The van der Waals surface area contributed by atoms with Gasteiger partial charge in [0, 0.05) is 0 Å². The maximum Gasteiger partial charge on any atom is 0.335 e. The van der Waals surface area contributed by atoms with Gasteiger partial charge in [-0.15, -0.1) is 0 Å². The number of aryl methyl sites for hydroxylation is 1. The molecular formula is C14H11F2NO4S. The Kier molecular flexibility index (Phi) is 4.14. The van der Waals surface area contributed by atoms with Gasteiger partial charge in [0.25, 0.3) is 10.0 Å². The van der Waals surface area contributed by atoms with Crippen molar-refractivity contribution < 1.29 is 27.1 Å². The molecule has 0 aromatic heterocycles. The standard InChI is InChI=1S/C14H11F2NO4S/c1-8-5-6-9(7-10(8)14(18)19)22(20,21)17-12-4-2-3-11(15)13(12)16/h2-7,17H,1H3,(H,18,19). The van der Waals surface area contributed by atoms with E-state index < -0.39 is 33.3 Å². The van der Waals surface area contributed by atoms with Crippen LogP contribution in [0.15, 0.2) is 41.3 Å². The molecule has 0 saturated heterocycles. The molecule has 0 aliphatic rings. The smallest absolute Gasteiger partial charge is 0.335 e. The van der Waals surface area contributed by atoms with E-state index in [0.29, 0.717) is 5.56 Å². The first-order valence-corrected chi connectivity index (χ1v) is 7.51. The highest BCUT2D eigenvalue weighted by atomic mass is 32.2. The maximum atomic E-state index is 13.5. The normalized spacial score (nSPS) is 11.2. The van der Waals surface area contributed by atoms with Crippen LogP contribution in [-0.2, 0) is 10.0 Å². The molecule has 2 N–H and O–H groups in total. The van der Waals surface area contributed by atoms with Gasteiger partial charge < -0.3 is 5.11 Å². The first-order valence-electron chi connectivity index (χ1n) is 6.03. The van der Waals surface area contributed by atoms with Crippen LogP contribution in [0.2, 0.25) is 0 Å². The highest BCUT2D eigenvalue weighted by molar-refractivity contribution is 7.92. The van der Waals surface area contributed by atoms with Gasteiger partial charge in [0.2, 0.25) is 0 Å². The zero-order valence-electron chi connectivity index (χ0n) is 11.3. The van der Waals surface area contributed by atoms with E-state index in [1.165, 1.54) is 19.1 Å². The lowest BCUT2D eigenvalue weighted by Crippen LogP contribution is -2.15. The third-order valence-electron chi connectivity index (χ3n) is 2.95. The van der Waals surface area contributed by atoms with Crippen LogP contribution in [0.4, 0.5) is 14.5 Å². The van der Waals surface area contributed by atoms with E-state index >= 15 is 0 Å². The largest absolute Gasteiger partial charge is 0.478 e. The fourth-order valence-corrected chi connectivity index (χ4v) is 2.87. The van der Waals surface area contributed by atoms with Gasteiger partial charge in [-0.25, -0.2) is 22.0 Å². The average molecular weight is 327 g/mol. The molecule has 0 saturated carbocycles. The van der Waals surface area contributed by atoms with Crippen LogP contribution >= 0.6 is 0 Å². The van der Waals surface area contributed by atoms with E-state index in [9.17, 15) is 22.0 Å². The number of aromatic carboxylic acids is 1. The number of rotatable bonds is 4. The Balaban J connectivity index is 2.45. The molecule has 0 radical (unpaired) electrons. The number of carbonyl (C=O) groups is 1. The fraction of sp³-hybridized carbons (Fsp3) is 0.0714. The lowest BCUT2D eigenvalue weighted by molar-refractivity contribution is 0.0696. The molecule has 0 aliphatic carbocycles. The minimum absolute atomic E-state index is 0.192. The number of hydrogen-bond donors (Lipinski definition) is 2. The quantitative estimate of drug-likeness (QED) is 0.904. The van der Waals surface area contributed by atoms with E-state index in [1.807, 2.05) is 4.72 Å². The number of nitrogens with one attached hydrogen (secondary N) is 1. The molecule has 0 fully saturated rings. The fourth-order valence-electron chi connectivity index (χ4n) is 1.78. The zero-order chi connectivity index (χ0) is 16.5. The van der Waals surface area contributed by atoms with Crippen LogP contribution in [0.3, 0.4) is 0 Å². The van der Waals surface area contributed by atoms with Gasteiger partial charge in [0.15, 0.2) is 11.6 Å². The number of benzene rings is 2. The topological polar surface area (TPSA) is 83.5 Å². The van der Waals surface area contributed by atoms with Gasteiger partial charge in [-0.1, -0.05) is 12.1 Å². The molecule has 22 heavy (non-hydrogen) atoms. The minimum Gasteiger partial charge on any atom is -0.478 e. The molecular weight excluding hydrogens is 316 g/mol. The molecule has 5 nitrogen and oxygen atoms in total. The van der Waals surface area contributed by atoms with Crippen molar-refractivity contribution in [3.63, 3.8) is 0 Å². The van der Waals surface area contributed by atoms with E-state index in [2.05, 4.69) is 0 Å². The summed E-state index contributed by atoms with van der Waals surface area (Å²) in [5, 5.41) is 9.00. The summed E-state index contributed by atoms with van der Waals surface area (Å²) >= 11 is 0. The number of carboxylic acid groups (broad SMARTS) is 1. The van der Waals surface area contributed by atoms with Crippen LogP contribution in [-0.4, -0.2) is 19.5 Å². The summed E-state index contributed by atoms with van der Waals surface area (Å²) in [6.45, 7) is 1.51. The van der Waals surface area contributed by atoms with E-state index in [-0.39, 0.29) is 10.5 Å². The minimum atomic E-state index is -4.25. The second-order valence-corrected chi connectivity index (χ2v) is 6.17. The van der Waals surface area contributed by atoms with Crippen molar-refractivity contribution in [2.75, 3.05) is 4.72 Å². The van der Waals surface area contributed by atoms with Crippen LogP contribution in [0.1, 0.15) is 15.9 Å². The lowest BCUT2D eigenvalue weighted by atomic mass is 10.1. The van der Waals surface area contributed by atoms with E-state index in [1.54, 1.807) is 0 Å². The molecule has 0 bridgehead atoms. The summed E-state index contributed by atoms with van der Waals surface area (Å²) in [6, 6.07) is 6.51.